The lowest BCUT2D eigenvalue weighted by atomic mass is 9.85. The van der Waals surface area contributed by atoms with E-state index < -0.39 is 11.6 Å². The minimum absolute atomic E-state index is 0.255. The van der Waals surface area contributed by atoms with E-state index in [1.165, 1.54) is 0 Å². The van der Waals surface area contributed by atoms with Crippen LogP contribution >= 0.6 is 0 Å². The number of likely N-dealkylation sites (tertiary alicyclic amines) is 1. The molecule has 92 valence electrons. The molecule has 1 aliphatic heterocycles. The Kier molecular flexibility index (Phi) is 3.22. The van der Waals surface area contributed by atoms with E-state index in [2.05, 4.69) is 4.90 Å². The minimum atomic E-state index is -0.704. The third kappa shape index (κ3) is 2.38. The van der Waals surface area contributed by atoms with Gasteiger partial charge in [0.1, 0.15) is 0 Å². The number of hydrogen-bond acceptors (Lipinski definition) is 3. The largest absolute Gasteiger partial charge is 0.481 e. The quantitative estimate of drug-likeness (QED) is 0.750. The summed E-state index contributed by atoms with van der Waals surface area (Å²) in [7, 11) is 0. The SMILES string of the molecule is CC(C(=O)O)C1CN(CC2(O)CCCC2)C1. The van der Waals surface area contributed by atoms with Crippen molar-refractivity contribution < 1.29 is 15.0 Å². The van der Waals surface area contributed by atoms with Gasteiger partial charge >= 0.3 is 5.97 Å². The zero-order valence-electron chi connectivity index (χ0n) is 9.85. The van der Waals surface area contributed by atoms with E-state index in [9.17, 15) is 9.90 Å². The maximum atomic E-state index is 10.8. The van der Waals surface area contributed by atoms with E-state index in [4.69, 9.17) is 5.11 Å². The Morgan fingerprint density at radius 2 is 2.00 bits per heavy atom. The Bertz CT molecular complexity index is 267. The highest BCUT2D eigenvalue weighted by Crippen LogP contribution is 2.33. The first-order chi connectivity index (χ1) is 7.50. The molecule has 1 saturated carbocycles. The number of β-amino-alcohol motifs (C(OH)–C–C–N with tert-alkyl or cyclic N) is 1. The Hall–Kier alpha value is -0.610. The molecule has 4 heteroatoms. The Balaban J connectivity index is 1.74. The van der Waals surface area contributed by atoms with Crippen LogP contribution in [0.2, 0.25) is 0 Å². The number of carboxylic acids is 1. The molecule has 2 rings (SSSR count). The van der Waals surface area contributed by atoms with Crippen LogP contribution in [0.15, 0.2) is 0 Å². The predicted octanol–water partition coefficient (Wildman–Crippen LogP) is 0.944. The lowest BCUT2D eigenvalue weighted by Gasteiger charge is -2.44. The lowest BCUT2D eigenvalue weighted by molar-refractivity contribution is -0.146. The van der Waals surface area contributed by atoms with E-state index in [0.717, 1.165) is 45.3 Å². The van der Waals surface area contributed by atoms with Gasteiger partial charge in [0.25, 0.3) is 0 Å². The van der Waals surface area contributed by atoms with Crippen molar-refractivity contribution in [1.82, 2.24) is 4.90 Å². The van der Waals surface area contributed by atoms with Crippen LogP contribution in [0.25, 0.3) is 0 Å². The molecule has 0 radical (unpaired) electrons. The van der Waals surface area contributed by atoms with Gasteiger partial charge in [-0.05, 0) is 18.8 Å². The van der Waals surface area contributed by atoms with Crippen LogP contribution in [0.1, 0.15) is 32.6 Å². The molecule has 1 heterocycles. The normalized spacial score (nSPS) is 27.6. The zero-order valence-corrected chi connectivity index (χ0v) is 9.85. The summed E-state index contributed by atoms with van der Waals surface area (Å²) >= 11 is 0. The number of rotatable bonds is 4. The molecular weight excluding hydrogens is 206 g/mol. The maximum Gasteiger partial charge on any atom is 0.306 e. The van der Waals surface area contributed by atoms with E-state index in [0.29, 0.717) is 0 Å². The highest BCUT2D eigenvalue weighted by atomic mass is 16.4. The molecule has 1 saturated heterocycles. The average molecular weight is 227 g/mol. The molecule has 1 aliphatic carbocycles. The van der Waals surface area contributed by atoms with Gasteiger partial charge in [-0.15, -0.1) is 0 Å². The number of hydrogen-bond donors (Lipinski definition) is 2. The van der Waals surface area contributed by atoms with Crippen LogP contribution in [0.3, 0.4) is 0 Å². The first kappa shape index (κ1) is 11.9. The van der Waals surface area contributed by atoms with Crippen LogP contribution in [0, 0.1) is 11.8 Å². The van der Waals surface area contributed by atoms with Gasteiger partial charge in [0.05, 0.1) is 11.5 Å². The third-order valence-corrected chi connectivity index (χ3v) is 4.13. The Morgan fingerprint density at radius 3 is 2.50 bits per heavy atom. The molecule has 16 heavy (non-hydrogen) atoms. The molecule has 0 aromatic rings. The van der Waals surface area contributed by atoms with Crippen molar-refractivity contribution in [2.75, 3.05) is 19.6 Å². The smallest absolute Gasteiger partial charge is 0.306 e. The summed E-state index contributed by atoms with van der Waals surface area (Å²) in [5, 5.41) is 19.1. The van der Waals surface area contributed by atoms with E-state index in [1.54, 1.807) is 6.92 Å². The van der Waals surface area contributed by atoms with Gasteiger partial charge in [-0.1, -0.05) is 19.8 Å². The highest BCUT2D eigenvalue weighted by molar-refractivity contribution is 5.70. The first-order valence-electron chi connectivity index (χ1n) is 6.18. The fraction of sp³-hybridized carbons (Fsp3) is 0.917. The van der Waals surface area contributed by atoms with Crippen LogP contribution in [0.5, 0.6) is 0 Å². The number of aliphatic hydroxyl groups is 1. The Labute approximate surface area is 96.3 Å². The van der Waals surface area contributed by atoms with Crippen LogP contribution in [-0.4, -0.2) is 46.3 Å². The fourth-order valence-electron chi connectivity index (χ4n) is 2.86. The van der Waals surface area contributed by atoms with Gasteiger partial charge in [-0.2, -0.15) is 0 Å². The lowest BCUT2D eigenvalue weighted by Crippen LogP contribution is -2.55. The van der Waals surface area contributed by atoms with Crippen molar-refractivity contribution >= 4 is 5.97 Å². The zero-order chi connectivity index (χ0) is 11.8. The highest BCUT2D eigenvalue weighted by Gasteiger charge is 2.40. The summed E-state index contributed by atoms with van der Waals surface area (Å²) in [4.78, 5) is 13.0. The molecule has 0 bridgehead atoms. The second kappa shape index (κ2) is 4.34. The van der Waals surface area contributed by atoms with Crippen LogP contribution in [0.4, 0.5) is 0 Å². The summed E-state index contributed by atoms with van der Waals surface area (Å²) in [6, 6.07) is 0. The third-order valence-electron chi connectivity index (χ3n) is 4.13. The van der Waals surface area contributed by atoms with Crippen LogP contribution in [-0.2, 0) is 4.79 Å². The molecular formula is C12H21NO3. The molecule has 2 N–H and O–H groups in total. The molecule has 0 amide bonds. The molecule has 0 aromatic heterocycles. The topological polar surface area (TPSA) is 60.8 Å². The fourth-order valence-corrected chi connectivity index (χ4v) is 2.86. The summed E-state index contributed by atoms with van der Waals surface area (Å²) in [5.74, 6) is -0.693. The van der Waals surface area contributed by atoms with E-state index >= 15 is 0 Å². The van der Waals surface area contributed by atoms with Gasteiger partial charge in [0, 0.05) is 19.6 Å². The standard InChI is InChI=1S/C12H21NO3/c1-9(11(14)15)10-6-13(7-10)8-12(16)4-2-3-5-12/h9-10,16H,2-8H2,1H3,(H,14,15). The van der Waals surface area contributed by atoms with E-state index in [1.807, 2.05) is 0 Å². The van der Waals surface area contributed by atoms with Crippen molar-refractivity contribution in [3.05, 3.63) is 0 Å². The molecule has 1 unspecified atom stereocenters. The second-order valence-electron chi connectivity index (χ2n) is 5.51. The van der Waals surface area contributed by atoms with Crippen molar-refractivity contribution in [2.45, 2.75) is 38.2 Å². The monoisotopic (exact) mass is 227 g/mol. The summed E-state index contributed by atoms with van der Waals surface area (Å²) in [6.45, 7) is 4.16. The molecule has 0 spiro atoms. The van der Waals surface area contributed by atoms with Gasteiger partial charge in [0.15, 0.2) is 0 Å². The molecule has 0 aromatic carbocycles. The van der Waals surface area contributed by atoms with Gasteiger partial charge in [-0.3, -0.25) is 9.69 Å². The van der Waals surface area contributed by atoms with Gasteiger partial charge in [0.2, 0.25) is 0 Å². The summed E-state index contributed by atoms with van der Waals surface area (Å²) in [5.41, 5.74) is -0.489. The number of aliphatic carboxylic acids is 1. The number of nitrogens with zero attached hydrogens (tertiary/aromatic N) is 1. The van der Waals surface area contributed by atoms with Crippen molar-refractivity contribution in [1.29, 1.82) is 0 Å². The summed E-state index contributed by atoms with van der Waals surface area (Å²) < 4.78 is 0. The van der Waals surface area contributed by atoms with Crippen molar-refractivity contribution in [2.24, 2.45) is 11.8 Å². The second-order valence-corrected chi connectivity index (χ2v) is 5.51. The van der Waals surface area contributed by atoms with Crippen LogP contribution < -0.4 is 0 Å². The van der Waals surface area contributed by atoms with Gasteiger partial charge < -0.3 is 10.2 Å². The first-order valence-corrected chi connectivity index (χ1v) is 6.18. The Morgan fingerprint density at radius 1 is 1.44 bits per heavy atom. The minimum Gasteiger partial charge on any atom is -0.481 e. The summed E-state index contributed by atoms with van der Waals surface area (Å²) in [6.07, 6.45) is 4.06. The molecule has 4 nitrogen and oxygen atoms in total. The number of carboxylic acid groups (broad SMARTS) is 1. The van der Waals surface area contributed by atoms with Gasteiger partial charge in [-0.25, -0.2) is 0 Å². The van der Waals surface area contributed by atoms with Crippen molar-refractivity contribution in [3.8, 4) is 0 Å². The molecule has 2 aliphatic rings. The average Bonchev–Trinajstić information content (AvgIpc) is 2.57. The molecule has 2 fully saturated rings. The maximum absolute atomic E-state index is 10.8. The predicted molar refractivity (Wildman–Crippen MR) is 60.1 cm³/mol. The van der Waals surface area contributed by atoms with Crippen molar-refractivity contribution in [3.63, 3.8) is 0 Å². The van der Waals surface area contributed by atoms with E-state index in [-0.39, 0.29) is 11.8 Å². The number of carbonyl (C=O) groups is 1. The molecule has 1 atom stereocenters.